The van der Waals surface area contributed by atoms with Crippen molar-refractivity contribution in [3.05, 3.63) is 59.7 Å². The van der Waals surface area contributed by atoms with Crippen LogP contribution in [-0.2, 0) is 14.3 Å². The first-order valence-electron chi connectivity index (χ1n) is 11.1. The Morgan fingerprint density at radius 3 is 2.16 bits per heavy atom. The molecule has 0 bridgehead atoms. The summed E-state index contributed by atoms with van der Waals surface area (Å²) in [4.78, 5) is 2.20. The Labute approximate surface area is 196 Å². The van der Waals surface area contributed by atoms with Gasteiger partial charge in [0.25, 0.3) is 10.1 Å². The molecule has 7 heteroatoms. The Hall–Kier alpha value is -1.67. The van der Waals surface area contributed by atoms with Crippen molar-refractivity contribution in [2.45, 2.75) is 63.8 Å². The van der Waals surface area contributed by atoms with E-state index in [4.69, 9.17) is 8.61 Å². The SMILES string of the molecule is Cc1ccc(S(=O)(=O)O[C@H](c2cccc(O[Si](C)(C)C(C)(C)C)c2)[C@@H](C)CN(C)C)cc1. The molecule has 2 rings (SSSR count). The smallest absolute Gasteiger partial charge is 0.297 e. The maximum Gasteiger partial charge on any atom is 0.297 e. The predicted molar refractivity (Wildman–Crippen MR) is 134 cm³/mol. The average Bonchev–Trinajstić information content (AvgIpc) is 2.65. The van der Waals surface area contributed by atoms with Gasteiger partial charge in [0.1, 0.15) is 11.9 Å². The van der Waals surface area contributed by atoms with Crippen LogP contribution in [0.3, 0.4) is 0 Å². The lowest BCUT2D eigenvalue weighted by Crippen LogP contribution is -2.43. The first kappa shape index (κ1) is 26.6. The van der Waals surface area contributed by atoms with Crippen molar-refractivity contribution in [1.82, 2.24) is 4.90 Å². The highest BCUT2D eigenvalue weighted by molar-refractivity contribution is 7.86. The van der Waals surface area contributed by atoms with Crippen LogP contribution >= 0.6 is 0 Å². The molecule has 0 fully saturated rings. The molecule has 2 aromatic carbocycles. The zero-order valence-corrected chi connectivity index (χ0v) is 22.8. The van der Waals surface area contributed by atoms with Crippen LogP contribution in [0.25, 0.3) is 0 Å². The lowest BCUT2D eigenvalue weighted by Gasteiger charge is -2.36. The molecule has 0 saturated carbocycles. The third-order valence-electron chi connectivity index (χ3n) is 6.08. The van der Waals surface area contributed by atoms with Crippen LogP contribution < -0.4 is 4.43 Å². The highest BCUT2D eigenvalue weighted by atomic mass is 32.2. The minimum Gasteiger partial charge on any atom is -0.543 e. The van der Waals surface area contributed by atoms with E-state index < -0.39 is 24.5 Å². The van der Waals surface area contributed by atoms with Gasteiger partial charge in [0.2, 0.25) is 8.32 Å². The zero-order chi connectivity index (χ0) is 24.3. The molecule has 0 aliphatic rings. The molecule has 0 radical (unpaired) electrons. The van der Waals surface area contributed by atoms with Crippen molar-refractivity contribution in [3.8, 4) is 5.75 Å². The summed E-state index contributed by atoms with van der Waals surface area (Å²) in [6.45, 7) is 15.6. The Morgan fingerprint density at radius 1 is 1.03 bits per heavy atom. The summed E-state index contributed by atoms with van der Waals surface area (Å²) in [5.74, 6) is 0.695. The summed E-state index contributed by atoms with van der Waals surface area (Å²) in [6, 6.07) is 14.4. The van der Waals surface area contributed by atoms with E-state index in [9.17, 15) is 8.42 Å². The van der Waals surface area contributed by atoms with Crippen LogP contribution in [0.1, 0.15) is 44.9 Å². The van der Waals surface area contributed by atoms with Gasteiger partial charge in [-0.15, -0.1) is 0 Å². The summed E-state index contributed by atoms with van der Waals surface area (Å²) < 4.78 is 38.5. The number of benzene rings is 2. The maximum atomic E-state index is 13.1. The standard InChI is InChI=1S/C25H39NO4SSi/c1-19-13-15-23(16-14-19)31(27,28)29-24(20(2)18-26(6)7)21-11-10-12-22(17-21)30-32(8,9)25(3,4)5/h10-17,20,24H,18H2,1-9H3/t20-,24-/m0/s1. The lowest BCUT2D eigenvalue weighted by atomic mass is 9.97. The zero-order valence-electron chi connectivity index (χ0n) is 21.0. The van der Waals surface area contributed by atoms with Gasteiger partial charge in [0.15, 0.2) is 0 Å². The Kier molecular flexibility index (Phi) is 8.37. The van der Waals surface area contributed by atoms with Crippen LogP contribution in [0.15, 0.2) is 53.4 Å². The average molecular weight is 478 g/mol. The molecule has 0 aliphatic carbocycles. The third kappa shape index (κ3) is 6.91. The minimum atomic E-state index is -3.93. The summed E-state index contributed by atoms with van der Waals surface area (Å²) in [5, 5.41) is 0.0614. The number of nitrogens with zero attached hydrogens (tertiary/aromatic N) is 1. The molecule has 0 heterocycles. The van der Waals surface area contributed by atoms with Crippen LogP contribution in [0, 0.1) is 12.8 Å². The van der Waals surface area contributed by atoms with Crippen molar-refractivity contribution < 1.29 is 17.0 Å². The predicted octanol–water partition coefficient (Wildman–Crippen LogP) is 6.02. The molecule has 0 aromatic heterocycles. The van der Waals surface area contributed by atoms with Crippen molar-refractivity contribution in [1.29, 1.82) is 0 Å². The summed E-state index contributed by atoms with van der Waals surface area (Å²) in [5.41, 5.74) is 1.79. The molecule has 0 saturated heterocycles. The van der Waals surface area contributed by atoms with Crippen molar-refractivity contribution in [2.24, 2.45) is 5.92 Å². The second kappa shape index (κ2) is 10.1. The first-order chi connectivity index (χ1) is 14.6. The second-order valence-corrected chi connectivity index (χ2v) is 16.8. The number of hydrogen-bond donors (Lipinski definition) is 0. The Morgan fingerprint density at radius 2 is 1.62 bits per heavy atom. The van der Waals surface area contributed by atoms with E-state index in [1.807, 2.05) is 57.1 Å². The minimum absolute atomic E-state index is 0.0614. The van der Waals surface area contributed by atoms with Gasteiger partial charge in [-0.05, 0) is 69.0 Å². The van der Waals surface area contributed by atoms with Crippen molar-refractivity contribution >= 4 is 18.4 Å². The molecule has 0 spiro atoms. The normalized spacial score (nSPS) is 14.9. The molecular formula is C25H39NO4SSi. The van der Waals surface area contributed by atoms with Crippen molar-refractivity contribution in [3.63, 3.8) is 0 Å². The fraction of sp³-hybridized carbons (Fsp3) is 0.520. The monoisotopic (exact) mass is 477 g/mol. The maximum absolute atomic E-state index is 13.1. The third-order valence-corrected chi connectivity index (χ3v) is 11.7. The Balaban J connectivity index is 2.42. The Bertz CT molecular complexity index is 995. The van der Waals surface area contributed by atoms with E-state index in [1.54, 1.807) is 24.3 Å². The summed E-state index contributed by atoms with van der Waals surface area (Å²) in [7, 11) is -2.01. The van der Waals surface area contributed by atoms with Crippen molar-refractivity contribution in [2.75, 3.05) is 20.6 Å². The van der Waals surface area contributed by atoms with Gasteiger partial charge in [-0.3, -0.25) is 4.18 Å². The summed E-state index contributed by atoms with van der Waals surface area (Å²) >= 11 is 0. The van der Waals surface area contributed by atoms with Crippen LogP contribution in [0.5, 0.6) is 5.75 Å². The fourth-order valence-corrected chi connectivity index (χ4v) is 5.43. The van der Waals surface area contributed by atoms with E-state index in [0.29, 0.717) is 6.54 Å². The van der Waals surface area contributed by atoms with Crippen LogP contribution in [-0.4, -0.2) is 42.3 Å². The molecule has 2 atom stereocenters. The first-order valence-corrected chi connectivity index (χ1v) is 15.4. The molecule has 32 heavy (non-hydrogen) atoms. The molecule has 0 amide bonds. The molecule has 0 N–H and O–H groups in total. The highest BCUT2D eigenvalue weighted by Gasteiger charge is 2.39. The van der Waals surface area contributed by atoms with E-state index in [2.05, 4.69) is 33.9 Å². The molecular weight excluding hydrogens is 438 g/mol. The highest BCUT2D eigenvalue weighted by Crippen LogP contribution is 2.39. The van der Waals surface area contributed by atoms with Crippen LogP contribution in [0.2, 0.25) is 18.1 Å². The lowest BCUT2D eigenvalue weighted by molar-refractivity contribution is 0.130. The van der Waals surface area contributed by atoms with Gasteiger partial charge < -0.3 is 9.33 Å². The van der Waals surface area contributed by atoms with E-state index in [0.717, 1.165) is 16.9 Å². The van der Waals surface area contributed by atoms with E-state index in [1.165, 1.54) is 0 Å². The molecule has 2 aromatic rings. The number of rotatable bonds is 9. The van der Waals surface area contributed by atoms with Gasteiger partial charge in [0, 0.05) is 12.5 Å². The van der Waals surface area contributed by atoms with E-state index in [-0.39, 0.29) is 15.9 Å². The topological polar surface area (TPSA) is 55.8 Å². The molecule has 0 aliphatic heterocycles. The molecule has 178 valence electrons. The van der Waals surface area contributed by atoms with Gasteiger partial charge in [-0.1, -0.05) is 57.5 Å². The largest absolute Gasteiger partial charge is 0.543 e. The quantitative estimate of drug-likeness (QED) is 0.326. The van der Waals surface area contributed by atoms with Gasteiger partial charge in [0.05, 0.1) is 4.90 Å². The molecule has 5 nitrogen and oxygen atoms in total. The van der Waals surface area contributed by atoms with Gasteiger partial charge >= 0.3 is 0 Å². The number of aryl methyl sites for hydroxylation is 1. The van der Waals surface area contributed by atoms with Crippen LogP contribution in [0.4, 0.5) is 0 Å². The number of hydrogen-bond acceptors (Lipinski definition) is 5. The van der Waals surface area contributed by atoms with Gasteiger partial charge in [-0.25, -0.2) is 0 Å². The van der Waals surface area contributed by atoms with E-state index >= 15 is 0 Å². The second-order valence-electron chi connectivity index (χ2n) is 10.5. The van der Waals surface area contributed by atoms with Gasteiger partial charge in [-0.2, -0.15) is 8.42 Å². The molecule has 0 unspecified atom stereocenters. The summed E-state index contributed by atoms with van der Waals surface area (Å²) in [6.07, 6.45) is -0.633. The fourth-order valence-electron chi connectivity index (χ4n) is 3.25.